The van der Waals surface area contributed by atoms with Gasteiger partial charge in [0.1, 0.15) is 0 Å². The topological polar surface area (TPSA) is 41.6 Å². The molecule has 0 spiro atoms. The van der Waals surface area contributed by atoms with E-state index in [0.29, 0.717) is 6.54 Å². The third kappa shape index (κ3) is 5.26. The molecule has 0 aliphatic heterocycles. The number of hydrogen-bond donors (Lipinski definition) is 1. The van der Waals surface area contributed by atoms with Crippen molar-refractivity contribution < 1.29 is 13.9 Å². The van der Waals surface area contributed by atoms with Gasteiger partial charge in [0.25, 0.3) is 5.91 Å². The van der Waals surface area contributed by atoms with Gasteiger partial charge < -0.3 is 15.0 Å². The molecular formula is C14H21FN2O2. The Morgan fingerprint density at radius 3 is 2.74 bits per heavy atom. The van der Waals surface area contributed by atoms with Gasteiger partial charge in [0.05, 0.1) is 0 Å². The Hall–Kier alpha value is -1.62. The van der Waals surface area contributed by atoms with Gasteiger partial charge in [0, 0.05) is 20.6 Å². The lowest BCUT2D eigenvalue weighted by Gasteiger charge is -2.12. The highest BCUT2D eigenvalue weighted by Crippen LogP contribution is 2.18. The maximum atomic E-state index is 13.7. The lowest BCUT2D eigenvalue weighted by molar-refractivity contribution is -0.130. The molecule has 0 unspecified atom stereocenters. The van der Waals surface area contributed by atoms with Crippen molar-refractivity contribution in [3.8, 4) is 5.75 Å². The minimum atomic E-state index is -0.442. The number of hydrogen-bond acceptors (Lipinski definition) is 3. The smallest absolute Gasteiger partial charge is 0.259 e. The molecule has 1 rings (SSSR count). The van der Waals surface area contributed by atoms with Crippen molar-refractivity contribution in [3.63, 3.8) is 0 Å². The average molecular weight is 268 g/mol. The molecule has 1 aromatic carbocycles. The summed E-state index contributed by atoms with van der Waals surface area (Å²) in [5.74, 6) is -0.537. The highest BCUT2D eigenvalue weighted by atomic mass is 19.1. The third-order valence-corrected chi connectivity index (χ3v) is 2.60. The van der Waals surface area contributed by atoms with Crippen LogP contribution in [-0.2, 0) is 11.3 Å². The van der Waals surface area contributed by atoms with Gasteiger partial charge in [-0.05, 0) is 30.7 Å². The summed E-state index contributed by atoms with van der Waals surface area (Å²) < 4.78 is 18.9. The first kappa shape index (κ1) is 15.4. The summed E-state index contributed by atoms with van der Waals surface area (Å²) in [6, 6.07) is 4.78. The molecule has 0 saturated carbocycles. The van der Waals surface area contributed by atoms with E-state index >= 15 is 0 Å². The molecular weight excluding hydrogens is 247 g/mol. The van der Waals surface area contributed by atoms with Gasteiger partial charge in [-0.25, -0.2) is 4.39 Å². The summed E-state index contributed by atoms with van der Waals surface area (Å²) in [4.78, 5) is 12.7. The van der Waals surface area contributed by atoms with Crippen LogP contribution in [0.5, 0.6) is 5.75 Å². The van der Waals surface area contributed by atoms with Gasteiger partial charge in [-0.3, -0.25) is 4.79 Å². The maximum Gasteiger partial charge on any atom is 0.259 e. The number of likely N-dealkylation sites (N-methyl/N-ethyl adjacent to an activating group) is 1. The molecule has 1 N–H and O–H groups in total. The molecule has 0 aliphatic carbocycles. The Morgan fingerprint density at radius 2 is 2.16 bits per heavy atom. The first-order chi connectivity index (χ1) is 9.04. The molecule has 0 heterocycles. The Morgan fingerprint density at radius 1 is 1.42 bits per heavy atom. The fourth-order valence-corrected chi connectivity index (χ4v) is 1.45. The van der Waals surface area contributed by atoms with E-state index in [4.69, 9.17) is 4.74 Å². The van der Waals surface area contributed by atoms with E-state index in [1.165, 1.54) is 11.0 Å². The Balaban J connectivity index is 2.54. The van der Waals surface area contributed by atoms with Crippen LogP contribution in [0.15, 0.2) is 18.2 Å². The number of carbonyl (C=O) groups is 1. The summed E-state index contributed by atoms with van der Waals surface area (Å²) in [5.41, 5.74) is 0.859. The fraction of sp³-hybridized carbons (Fsp3) is 0.500. The molecule has 4 nitrogen and oxygen atoms in total. The molecule has 0 fully saturated rings. The van der Waals surface area contributed by atoms with E-state index in [1.807, 2.05) is 0 Å². The van der Waals surface area contributed by atoms with Gasteiger partial charge in [-0.2, -0.15) is 0 Å². The van der Waals surface area contributed by atoms with Crippen LogP contribution >= 0.6 is 0 Å². The van der Waals surface area contributed by atoms with E-state index in [2.05, 4.69) is 12.2 Å². The zero-order valence-electron chi connectivity index (χ0n) is 11.7. The minimum Gasteiger partial charge on any atom is -0.481 e. The van der Waals surface area contributed by atoms with Gasteiger partial charge >= 0.3 is 0 Å². The van der Waals surface area contributed by atoms with Crippen LogP contribution < -0.4 is 10.1 Å². The number of benzene rings is 1. The lowest BCUT2D eigenvalue weighted by atomic mass is 10.2. The van der Waals surface area contributed by atoms with Crippen molar-refractivity contribution in [3.05, 3.63) is 29.6 Å². The van der Waals surface area contributed by atoms with Crippen molar-refractivity contribution in [2.45, 2.75) is 19.9 Å². The van der Waals surface area contributed by atoms with Crippen LogP contribution in [0.2, 0.25) is 0 Å². The predicted octanol–water partition coefficient (Wildman–Crippen LogP) is 1.79. The third-order valence-electron chi connectivity index (χ3n) is 2.60. The number of ether oxygens (including phenoxy) is 1. The summed E-state index contributed by atoms with van der Waals surface area (Å²) in [7, 11) is 3.26. The van der Waals surface area contributed by atoms with Gasteiger partial charge in [-0.15, -0.1) is 0 Å². The molecule has 5 heteroatoms. The van der Waals surface area contributed by atoms with Crippen LogP contribution in [0.3, 0.4) is 0 Å². The SMILES string of the molecule is CCCNCc1ccc(OCC(=O)N(C)C)c(F)c1. The Labute approximate surface area is 113 Å². The molecule has 1 aromatic rings. The van der Waals surface area contributed by atoms with Gasteiger partial charge in [0.2, 0.25) is 0 Å². The number of halogens is 1. The largest absolute Gasteiger partial charge is 0.481 e. The Kier molecular flexibility index (Phi) is 6.29. The van der Waals surface area contributed by atoms with Crippen molar-refractivity contribution in [1.82, 2.24) is 10.2 Å². The van der Waals surface area contributed by atoms with Crippen LogP contribution in [0.4, 0.5) is 4.39 Å². The second kappa shape index (κ2) is 7.74. The maximum absolute atomic E-state index is 13.7. The summed E-state index contributed by atoms with van der Waals surface area (Å²) >= 11 is 0. The molecule has 1 amide bonds. The average Bonchev–Trinajstić information content (AvgIpc) is 2.37. The molecule has 0 bridgehead atoms. The van der Waals surface area contributed by atoms with Gasteiger partial charge in [-0.1, -0.05) is 13.0 Å². The second-order valence-corrected chi connectivity index (χ2v) is 4.52. The number of nitrogens with zero attached hydrogens (tertiary/aromatic N) is 1. The van der Waals surface area contributed by atoms with Crippen molar-refractivity contribution in [2.75, 3.05) is 27.2 Å². The molecule has 0 aliphatic rings. The second-order valence-electron chi connectivity index (χ2n) is 4.52. The van der Waals surface area contributed by atoms with E-state index in [-0.39, 0.29) is 18.3 Å². The summed E-state index contributed by atoms with van der Waals surface area (Å²) in [6.45, 7) is 3.45. The zero-order valence-corrected chi connectivity index (χ0v) is 11.7. The van der Waals surface area contributed by atoms with E-state index < -0.39 is 5.82 Å². The molecule has 0 atom stereocenters. The van der Waals surface area contributed by atoms with Crippen molar-refractivity contribution >= 4 is 5.91 Å². The fourth-order valence-electron chi connectivity index (χ4n) is 1.45. The van der Waals surface area contributed by atoms with E-state index in [1.54, 1.807) is 26.2 Å². The normalized spacial score (nSPS) is 10.3. The van der Waals surface area contributed by atoms with Crippen LogP contribution in [0, 0.1) is 5.82 Å². The van der Waals surface area contributed by atoms with Crippen LogP contribution in [-0.4, -0.2) is 38.1 Å². The monoisotopic (exact) mass is 268 g/mol. The summed E-state index contributed by atoms with van der Waals surface area (Å²) in [5, 5.41) is 3.19. The first-order valence-electron chi connectivity index (χ1n) is 6.36. The van der Waals surface area contributed by atoms with E-state index in [0.717, 1.165) is 18.5 Å². The van der Waals surface area contributed by atoms with E-state index in [9.17, 15) is 9.18 Å². The molecule has 0 radical (unpaired) electrons. The lowest BCUT2D eigenvalue weighted by Crippen LogP contribution is -2.27. The minimum absolute atomic E-state index is 0.106. The van der Waals surface area contributed by atoms with Crippen molar-refractivity contribution in [1.29, 1.82) is 0 Å². The molecule has 0 saturated heterocycles. The standard InChI is InChI=1S/C14H21FN2O2/c1-4-7-16-9-11-5-6-13(12(15)8-11)19-10-14(18)17(2)3/h5-6,8,16H,4,7,9-10H2,1-3H3. The zero-order chi connectivity index (χ0) is 14.3. The number of nitrogens with one attached hydrogen (secondary N) is 1. The van der Waals surface area contributed by atoms with Crippen molar-refractivity contribution in [2.24, 2.45) is 0 Å². The Bertz CT molecular complexity index is 422. The molecule has 19 heavy (non-hydrogen) atoms. The summed E-state index contributed by atoms with van der Waals surface area (Å²) in [6.07, 6.45) is 1.04. The van der Waals surface area contributed by atoms with Gasteiger partial charge in [0.15, 0.2) is 18.2 Å². The first-order valence-corrected chi connectivity index (χ1v) is 6.36. The molecule has 106 valence electrons. The number of rotatable bonds is 7. The van der Waals surface area contributed by atoms with Crippen LogP contribution in [0.1, 0.15) is 18.9 Å². The number of carbonyl (C=O) groups excluding carboxylic acids is 1. The molecule has 0 aromatic heterocycles. The highest BCUT2D eigenvalue weighted by molar-refractivity contribution is 5.77. The highest BCUT2D eigenvalue weighted by Gasteiger charge is 2.09. The quantitative estimate of drug-likeness (QED) is 0.767. The predicted molar refractivity (Wildman–Crippen MR) is 72.6 cm³/mol. The van der Waals surface area contributed by atoms with Crippen LogP contribution in [0.25, 0.3) is 0 Å². The number of amides is 1.